The summed E-state index contributed by atoms with van der Waals surface area (Å²) in [6.45, 7) is 3.10. The Bertz CT molecular complexity index is 786. The molecule has 0 radical (unpaired) electrons. The second-order valence-corrected chi connectivity index (χ2v) is 9.23. The molecule has 2 heterocycles. The van der Waals surface area contributed by atoms with E-state index in [1.54, 1.807) is 11.4 Å². The Hall–Kier alpha value is -1.13. The predicted molar refractivity (Wildman–Crippen MR) is 127 cm³/mol. The lowest BCUT2D eigenvalue weighted by atomic mass is 10.0. The van der Waals surface area contributed by atoms with Crippen LogP contribution in [0.5, 0.6) is 0 Å². The number of halogens is 1. The van der Waals surface area contributed by atoms with Crippen LogP contribution in [0.2, 0.25) is 0 Å². The van der Waals surface area contributed by atoms with Gasteiger partial charge in [-0.3, -0.25) is 4.99 Å². The van der Waals surface area contributed by atoms with Gasteiger partial charge in [-0.25, -0.2) is 8.42 Å². The highest BCUT2D eigenvalue weighted by atomic mass is 127. The Morgan fingerprint density at radius 1 is 1.21 bits per heavy atom. The average Bonchev–Trinajstić information content (AvgIpc) is 3.13. The van der Waals surface area contributed by atoms with Crippen LogP contribution in [0, 0.1) is 0 Å². The highest BCUT2D eigenvalue weighted by molar-refractivity contribution is 14.0. The molecule has 1 atom stereocenters. The van der Waals surface area contributed by atoms with Crippen molar-refractivity contribution >= 4 is 46.0 Å². The summed E-state index contributed by atoms with van der Waals surface area (Å²) in [7, 11) is -1.34. The van der Waals surface area contributed by atoms with E-state index in [-0.39, 0.29) is 30.0 Å². The number of guanidine groups is 1. The molecule has 3 rings (SSSR count). The van der Waals surface area contributed by atoms with Crippen molar-refractivity contribution < 1.29 is 8.42 Å². The molecular weight excluding hydrogens is 487 g/mol. The third-order valence-corrected chi connectivity index (χ3v) is 6.66. The normalized spacial score (nSPS) is 21.4. The molecule has 1 aromatic carbocycles. The van der Waals surface area contributed by atoms with Gasteiger partial charge in [0.2, 0.25) is 10.0 Å². The van der Waals surface area contributed by atoms with E-state index < -0.39 is 10.0 Å². The number of likely N-dealkylation sites (tertiary alicyclic amines) is 1. The van der Waals surface area contributed by atoms with E-state index in [2.05, 4.69) is 45.6 Å². The highest BCUT2D eigenvalue weighted by Crippen LogP contribution is 2.21. The number of nitrogens with zero attached hydrogens (tertiary/aromatic N) is 3. The van der Waals surface area contributed by atoms with E-state index in [1.165, 1.54) is 17.4 Å². The van der Waals surface area contributed by atoms with Gasteiger partial charge in [-0.15, -0.1) is 24.0 Å². The van der Waals surface area contributed by atoms with E-state index in [0.717, 1.165) is 44.7 Å². The number of hydrogen-bond donors (Lipinski definition) is 1. The van der Waals surface area contributed by atoms with E-state index in [1.807, 2.05) is 6.07 Å². The first-order valence-corrected chi connectivity index (χ1v) is 11.5. The Labute approximate surface area is 186 Å². The molecule has 2 aliphatic rings. The first-order valence-electron chi connectivity index (χ1n) is 9.64. The third kappa shape index (κ3) is 6.18. The van der Waals surface area contributed by atoms with E-state index in [0.29, 0.717) is 13.1 Å². The Morgan fingerprint density at radius 3 is 2.50 bits per heavy atom. The van der Waals surface area contributed by atoms with E-state index in [4.69, 9.17) is 0 Å². The number of benzene rings is 1. The second kappa shape index (κ2) is 10.6. The maximum Gasteiger partial charge on any atom is 0.211 e. The molecule has 1 N–H and O–H groups in total. The first kappa shape index (κ1) is 23.2. The zero-order valence-corrected chi connectivity index (χ0v) is 19.8. The minimum Gasteiger partial charge on any atom is -0.355 e. The molecule has 156 valence electrons. The summed E-state index contributed by atoms with van der Waals surface area (Å²) in [5.41, 5.74) is 2.72. The van der Waals surface area contributed by atoms with Crippen LogP contribution in [0.15, 0.2) is 40.9 Å². The lowest BCUT2D eigenvalue weighted by molar-refractivity contribution is 0.356. The lowest BCUT2D eigenvalue weighted by Crippen LogP contribution is -2.49. The minimum absolute atomic E-state index is 0. The standard InChI is InChI=1S/C20H30N4O2S.HI/c1-21-20(22-16-19-9-6-12-24(19)27(2,25)26)23-13-10-18(11-14-23)15-17-7-4-3-5-8-17;/h3-5,7-8,15,19H,6,9-14,16H2,1-2H3,(H,21,22);1H/t19-;/m1./s1. The summed E-state index contributed by atoms with van der Waals surface area (Å²) in [5, 5.41) is 3.40. The maximum atomic E-state index is 11.9. The topological polar surface area (TPSA) is 65.0 Å². The molecule has 6 nitrogen and oxygen atoms in total. The summed E-state index contributed by atoms with van der Waals surface area (Å²) in [6.07, 6.45) is 7.46. The molecule has 0 aromatic heterocycles. The zero-order valence-electron chi connectivity index (χ0n) is 16.7. The van der Waals surface area contributed by atoms with Crippen LogP contribution in [0.25, 0.3) is 6.08 Å². The molecule has 0 bridgehead atoms. The van der Waals surface area contributed by atoms with Gasteiger partial charge in [0.1, 0.15) is 0 Å². The zero-order chi connectivity index (χ0) is 19.3. The van der Waals surface area contributed by atoms with Crippen molar-refractivity contribution in [3.63, 3.8) is 0 Å². The third-order valence-electron chi connectivity index (χ3n) is 5.33. The Balaban J connectivity index is 0.00000280. The lowest BCUT2D eigenvalue weighted by Gasteiger charge is -2.32. The van der Waals surface area contributed by atoms with Gasteiger partial charge in [-0.05, 0) is 31.2 Å². The second-order valence-electron chi connectivity index (χ2n) is 7.30. The summed E-state index contributed by atoms with van der Waals surface area (Å²) < 4.78 is 25.4. The fourth-order valence-corrected chi connectivity index (χ4v) is 5.11. The van der Waals surface area contributed by atoms with Crippen LogP contribution < -0.4 is 5.32 Å². The van der Waals surface area contributed by atoms with Gasteiger partial charge in [0.25, 0.3) is 0 Å². The van der Waals surface area contributed by atoms with Crippen LogP contribution in [0.1, 0.15) is 31.2 Å². The molecule has 0 saturated carbocycles. The van der Waals surface area contributed by atoms with Crippen molar-refractivity contribution in [2.45, 2.75) is 31.7 Å². The summed E-state index contributed by atoms with van der Waals surface area (Å²) in [5.74, 6) is 0.870. The van der Waals surface area contributed by atoms with Gasteiger partial charge in [-0.1, -0.05) is 42.0 Å². The Morgan fingerprint density at radius 2 is 1.89 bits per heavy atom. The smallest absolute Gasteiger partial charge is 0.211 e. The largest absolute Gasteiger partial charge is 0.355 e. The molecule has 0 aliphatic carbocycles. The van der Waals surface area contributed by atoms with Crippen molar-refractivity contribution in [3.05, 3.63) is 41.5 Å². The van der Waals surface area contributed by atoms with Crippen molar-refractivity contribution in [3.8, 4) is 0 Å². The number of nitrogens with one attached hydrogen (secondary N) is 1. The first-order chi connectivity index (χ1) is 13.0. The molecule has 1 aromatic rings. The van der Waals surface area contributed by atoms with Crippen LogP contribution in [-0.2, 0) is 10.0 Å². The van der Waals surface area contributed by atoms with Gasteiger partial charge in [0, 0.05) is 39.3 Å². The minimum atomic E-state index is -3.14. The number of sulfonamides is 1. The van der Waals surface area contributed by atoms with Gasteiger partial charge in [0.05, 0.1) is 6.26 Å². The van der Waals surface area contributed by atoms with E-state index >= 15 is 0 Å². The average molecular weight is 518 g/mol. The monoisotopic (exact) mass is 518 g/mol. The summed E-state index contributed by atoms with van der Waals surface area (Å²) in [6, 6.07) is 10.5. The van der Waals surface area contributed by atoms with Crippen molar-refractivity contribution in [2.75, 3.05) is 39.5 Å². The summed E-state index contributed by atoms with van der Waals surface area (Å²) >= 11 is 0. The quantitative estimate of drug-likeness (QED) is 0.379. The molecular formula is C20H31IN4O2S. The number of piperidine rings is 1. The summed E-state index contributed by atoms with van der Waals surface area (Å²) in [4.78, 5) is 6.68. The van der Waals surface area contributed by atoms with Gasteiger partial charge in [0.15, 0.2) is 5.96 Å². The fourth-order valence-electron chi connectivity index (χ4n) is 3.93. The van der Waals surface area contributed by atoms with E-state index in [9.17, 15) is 8.42 Å². The molecule has 0 spiro atoms. The van der Waals surface area contributed by atoms with Crippen LogP contribution >= 0.6 is 24.0 Å². The molecule has 2 aliphatic heterocycles. The number of hydrogen-bond acceptors (Lipinski definition) is 3. The molecule has 28 heavy (non-hydrogen) atoms. The van der Waals surface area contributed by atoms with Crippen LogP contribution in [-0.4, -0.2) is 69.1 Å². The van der Waals surface area contributed by atoms with Crippen molar-refractivity contribution in [2.24, 2.45) is 4.99 Å². The highest BCUT2D eigenvalue weighted by Gasteiger charge is 2.31. The van der Waals surface area contributed by atoms with Crippen LogP contribution in [0.3, 0.4) is 0 Å². The van der Waals surface area contributed by atoms with Crippen molar-refractivity contribution in [1.82, 2.24) is 14.5 Å². The Kier molecular flexibility index (Phi) is 8.76. The number of aliphatic imine (C=N–C) groups is 1. The fraction of sp³-hybridized carbons (Fsp3) is 0.550. The van der Waals surface area contributed by atoms with Crippen molar-refractivity contribution in [1.29, 1.82) is 0 Å². The van der Waals surface area contributed by atoms with Gasteiger partial charge >= 0.3 is 0 Å². The number of rotatable bonds is 4. The molecule has 0 unspecified atom stereocenters. The SMILES string of the molecule is CN=C(NC[C@H]1CCCN1S(C)(=O)=O)N1CCC(=Cc2ccccc2)CC1.I. The molecule has 0 amide bonds. The molecule has 8 heteroatoms. The van der Waals surface area contributed by atoms with Gasteiger partial charge in [-0.2, -0.15) is 4.31 Å². The molecule has 2 fully saturated rings. The van der Waals surface area contributed by atoms with Crippen LogP contribution in [0.4, 0.5) is 0 Å². The molecule has 2 saturated heterocycles. The predicted octanol–water partition coefficient (Wildman–Crippen LogP) is 2.78. The van der Waals surface area contributed by atoms with Gasteiger partial charge < -0.3 is 10.2 Å². The maximum absolute atomic E-state index is 11.9.